The highest BCUT2D eigenvalue weighted by Crippen LogP contribution is 2.45. The van der Waals surface area contributed by atoms with Gasteiger partial charge < -0.3 is 4.57 Å². The highest BCUT2D eigenvalue weighted by molar-refractivity contribution is 6.12. The highest BCUT2D eigenvalue weighted by atomic mass is 15.1. The van der Waals surface area contributed by atoms with Crippen LogP contribution in [-0.2, 0) is 0 Å². The molecule has 0 saturated carbocycles. The van der Waals surface area contributed by atoms with Gasteiger partial charge in [0.2, 0.25) is 0 Å². The zero-order valence-electron chi connectivity index (χ0n) is 36.5. The van der Waals surface area contributed by atoms with Gasteiger partial charge in [0, 0.05) is 27.5 Å². The summed E-state index contributed by atoms with van der Waals surface area (Å²) in [6.45, 7) is 0. The molecule has 4 nitrogen and oxygen atoms in total. The molecule has 12 rings (SSSR count). The van der Waals surface area contributed by atoms with Crippen LogP contribution in [-0.4, -0.2) is 19.5 Å². The maximum absolute atomic E-state index is 5.40. The van der Waals surface area contributed by atoms with E-state index in [4.69, 9.17) is 15.0 Å². The van der Waals surface area contributed by atoms with Gasteiger partial charge in [-0.2, -0.15) is 0 Å². The summed E-state index contributed by atoms with van der Waals surface area (Å²) in [5.41, 5.74) is 17.3. The molecule has 0 amide bonds. The van der Waals surface area contributed by atoms with E-state index < -0.39 is 0 Å². The first-order valence-electron chi connectivity index (χ1n) is 22.7. The number of aromatic nitrogens is 4. The first kappa shape index (κ1) is 39.6. The zero-order chi connectivity index (χ0) is 44.5. The predicted molar refractivity (Wildman–Crippen MR) is 278 cm³/mol. The summed E-state index contributed by atoms with van der Waals surface area (Å²) in [5, 5.41) is 2.33. The Balaban J connectivity index is 1.18. The fraction of sp³-hybridized carbons (Fsp3) is 0. The fourth-order valence-corrected chi connectivity index (χ4v) is 9.48. The monoisotopic (exact) mass is 854 g/mol. The average molecular weight is 855 g/mol. The van der Waals surface area contributed by atoms with E-state index in [9.17, 15) is 0 Å². The van der Waals surface area contributed by atoms with Crippen molar-refractivity contribution >= 4 is 21.8 Å². The minimum absolute atomic E-state index is 0.583. The molecule has 2 aromatic heterocycles. The summed E-state index contributed by atoms with van der Waals surface area (Å²) in [6, 6.07) is 90.3. The largest absolute Gasteiger partial charge is 0.308 e. The molecule has 2 heterocycles. The van der Waals surface area contributed by atoms with Crippen molar-refractivity contribution in [2.24, 2.45) is 0 Å². The molecule has 0 spiro atoms. The molecule has 67 heavy (non-hydrogen) atoms. The van der Waals surface area contributed by atoms with Crippen molar-refractivity contribution in [1.82, 2.24) is 19.5 Å². The quantitative estimate of drug-likeness (QED) is 0.145. The van der Waals surface area contributed by atoms with Crippen molar-refractivity contribution < 1.29 is 0 Å². The number of hydrogen-bond donors (Lipinski definition) is 0. The Morgan fingerprint density at radius 2 is 0.612 bits per heavy atom. The molecule has 0 radical (unpaired) electrons. The number of nitrogens with zero attached hydrogens (tertiary/aromatic N) is 4. The van der Waals surface area contributed by atoms with Crippen LogP contribution in [0.5, 0.6) is 0 Å². The first-order valence-corrected chi connectivity index (χ1v) is 22.7. The molecule has 0 bridgehead atoms. The number of fused-ring (bicyclic) bond motifs is 3. The van der Waals surface area contributed by atoms with Gasteiger partial charge in [-0.05, 0) is 92.0 Å². The van der Waals surface area contributed by atoms with Gasteiger partial charge in [-0.1, -0.05) is 218 Å². The summed E-state index contributed by atoms with van der Waals surface area (Å²) in [6.07, 6.45) is 0. The molecule has 0 N–H and O–H groups in total. The molecule has 0 unspecified atom stereocenters. The lowest BCUT2D eigenvalue weighted by Crippen LogP contribution is -2.04. The highest BCUT2D eigenvalue weighted by Gasteiger charge is 2.23. The normalized spacial score (nSPS) is 11.3. The van der Waals surface area contributed by atoms with Gasteiger partial charge in [0.05, 0.1) is 16.7 Å². The minimum Gasteiger partial charge on any atom is -0.308 e. The smallest absolute Gasteiger partial charge is 0.166 e. The second-order valence-corrected chi connectivity index (χ2v) is 16.8. The van der Waals surface area contributed by atoms with Crippen LogP contribution in [0.3, 0.4) is 0 Å². The van der Waals surface area contributed by atoms with E-state index in [1.165, 1.54) is 11.1 Å². The molecule has 0 fully saturated rings. The third kappa shape index (κ3) is 7.47. The molecule has 0 saturated heterocycles. The average Bonchev–Trinajstić information content (AvgIpc) is 3.74. The van der Waals surface area contributed by atoms with E-state index in [2.05, 4.69) is 223 Å². The molecular weight excluding hydrogens is 813 g/mol. The Kier molecular flexibility index (Phi) is 10.2. The third-order valence-corrected chi connectivity index (χ3v) is 12.7. The van der Waals surface area contributed by atoms with Crippen molar-refractivity contribution in [2.45, 2.75) is 0 Å². The van der Waals surface area contributed by atoms with Gasteiger partial charge in [-0.15, -0.1) is 0 Å². The van der Waals surface area contributed by atoms with Crippen LogP contribution in [0.4, 0.5) is 0 Å². The van der Waals surface area contributed by atoms with Crippen molar-refractivity contribution in [3.8, 4) is 95.5 Å². The topological polar surface area (TPSA) is 43.6 Å². The van der Waals surface area contributed by atoms with Crippen LogP contribution in [0.1, 0.15) is 0 Å². The third-order valence-electron chi connectivity index (χ3n) is 12.7. The van der Waals surface area contributed by atoms with Crippen LogP contribution < -0.4 is 0 Å². The number of hydrogen-bond acceptors (Lipinski definition) is 3. The van der Waals surface area contributed by atoms with Gasteiger partial charge in [0.25, 0.3) is 0 Å². The van der Waals surface area contributed by atoms with Crippen LogP contribution in [0.2, 0.25) is 0 Å². The first-order chi connectivity index (χ1) is 33.2. The number of rotatable bonds is 9. The van der Waals surface area contributed by atoms with Gasteiger partial charge in [-0.3, -0.25) is 0 Å². The van der Waals surface area contributed by atoms with E-state index in [0.29, 0.717) is 17.5 Å². The Labute approximate surface area is 389 Å². The molecule has 0 atom stereocenters. The lowest BCUT2D eigenvalue weighted by molar-refractivity contribution is 1.06. The van der Waals surface area contributed by atoms with Crippen LogP contribution in [0, 0.1) is 0 Å². The van der Waals surface area contributed by atoms with E-state index in [1.807, 2.05) is 36.4 Å². The van der Waals surface area contributed by atoms with Gasteiger partial charge in [0.1, 0.15) is 0 Å². The van der Waals surface area contributed by atoms with Crippen LogP contribution >= 0.6 is 0 Å². The molecule has 314 valence electrons. The maximum atomic E-state index is 5.40. The van der Waals surface area contributed by atoms with E-state index >= 15 is 0 Å². The Morgan fingerprint density at radius 1 is 0.239 bits per heavy atom. The van der Waals surface area contributed by atoms with E-state index in [1.54, 1.807) is 0 Å². The summed E-state index contributed by atoms with van der Waals surface area (Å²) in [7, 11) is 0. The van der Waals surface area contributed by atoms with Crippen molar-refractivity contribution in [1.29, 1.82) is 0 Å². The SMILES string of the molecule is c1ccc(-c2ccc3c(c2)c2cc(-c4ccccc4)ccc2n3-c2ccc(-c3c(-c4ccccc4)cccc3-c3ccccc3)cc2-c2nc(-c3ccccc3)nc(-c3ccccc3)n2)cc1. The Hall–Kier alpha value is -8.99. The molecule has 0 aliphatic heterocycles. The van der Waals surface area contributed by atoms with E-state index in [0.717, 1.165) is 88.7 Å². The molecule has 10 aromatic carbocycles. The molecule has 0 aliphatic carbocycles. The number of benzene rings is 10. The summed E-state index contributed by atoms with van der Waals surface area (Å²) in [4.78, 5) is 15.9. The maximum Gasteiger partial charge on any atom is 0.166 e. The van der Waals surface area contributed by atoms with Crippen LogP contribution in [0.25, 0.3) is 117 Å². The summed E-state index contributed by atoms with van der Waals surface area (Å²) in [5.74, 6) is 1.80. The van der Waals surface area contributed by atoms with Crippen molar-refractivity contribution in [2.75, 3.05) is 0 Å². The summed E-state index contributed by atoms with van der Waals surface area (Å²) < 4.78 is 2.41. The van der Waals surface area contributed by atoms with Crippen molar-refractivity contribution in [3.63, 3.8) is 0 Å². The standard InChI is InChI=1S/C63H42N4/c1-7-20-43(21-8-1)49-34-37-57-54(40-49)55-41-50(44-22-9-2-10-23-44)35-38-58(55)67(57)59-39-36-51(60-52(45-24-11-3-12-25-45)32-19-33-53(60)46-26-13-4-14-27-46)42-56(59)63-65-61(47-28-15-5-16-29-47)64-62(66-63)48-30-17-6-18-31-48/h1-42H. The Morgan fingerprint density at radius 3 is 1.04 bits per heavy atom. The van der Waals surface area contributed by atoms with Crippen LogP contribution in [0.15, 0.2) is 255 Å². The predicted octanol–water partition coefficient (Wildman–Crippen LogP) is 16.3. The second kappa shape index (κ2) is 17.2. The zero-order valence-corrected chi connectivity index (χ0v) is 36.5. The fourth-order valence-electron chi connectivity index (χ4n) is 9.48. The van der Waals surface area contributed by atoms with Gasteiger partial charge in [0.15, 0.2) is 17.5 Å². The molecule has 4 heteroatoms. The second-order valence-electron chi connectivity index (χ2n) is 16.8. The summed E-state index contributed by atoms with van der Waals surface area (Å²) >= 11 is 0. The minimum atomic E-state index is 0.583. The molecule has 0 aliphatic rings. The molecular formula is C63H42N4. The lowest BCUT2D eigenvalue weighted by Gasteiger charge is -2.20. The van der Waals surface area contributed by atoms with E-state index in [-0.39, 0.29) is 0 Å². The van der Waals surface area contributed by atoms with Gasteiger partial charge in [-0.25, -0.2) is 15.0 Å². The molecule has 12 aromatic rings. The lowest BCUT2D eigenvalue weighted by atomic mass is 9.87. The van der Waals surface area contributed by atoms with Crippen molar-refractivity contribution in [3.05, 3.63) is 255 Å². The van der Waals surface area contributed by atoms with Gasteiger partial charge >= 0.3 is 0 Å². The Bertz CT molecular complexity index is 3490.